The Balaban J connectivity index is 1.23. The second-order valence-electron chi connectivity index (χ2n) is 10.7. The summed E-state index contributed by atoms with van der Waals surface area (Å²) in [5, 5.41) is 24.6. The van der Waals surface area contributed by atoms with Gasteiger partial charge < -0.3 is 38.1 Å². The van der Waals surface area contributed by atoms with Crippen LogP contribution in [0.1, 0.15) is 18.9 Å². The van der Waals surface area contributed by atoms with Crippen molar-refractivity contribution in [3.8, 4) is 17.2 Å². The Kier molecular flexibility index (Phi) is 10.7. The standard InChI is InChI=1S/C30H31F2N4O13P/c1-16(26(38)39)35-50(42,49-18-7-5-4-6-8-18)46-15-22-25(37)30(31,32)27(48-22)36-10-9-23(33-28(36)40)34-29(41)45-14-20-12-17-11-19(43-2)13-21(44-3)24(17)47-20/h4-13,16,22,25,27,37H,14-15H2,1-3H3,(H,35,42)(H,38,39)(H,33,34,40,41)/t16?,22-,25-,27-,50?/m1/s1. The van der Waals surface area contributed by atoms with Gasteiger partial charge in [0.1, 0.15) is 35.2 Å². The van der Waals surface area contributed by atoms with Crippen LogP contribution in [-0.4, -0.2) is 76.8 Å². The van der Waals surface area contributed by atoms with Crippen LogP contribution in [0.2, 0.25) is 0 Å². The van der Waals surface area contributed by atoms with E-state index in [0.717, 1.165) is 19.2 Å². The lowest BCUT2D eigenvalue weighted by atomic mass is 10.1. The van der Waals surface area contributed by atoms with Gasteiger partial charge in [0.05, 0.1) is 20.8 Å². The molecule has 4 N–H and O–H groups in total. The fraction of sp³-hybridized carbons (Fsp3) is 0.333. The molecule has 1 saturated heterocycles. The third-order valence-corrected chi connectivity index (χ3v) is 8.84. The molecule has 0 aliphatic carbocycles. The van der Waals surface area contributed by atoms with Gasteiger partial charge in [-0.2, -0.15) is 18.9 Å². The first-order valence-corrected chi connectivity index (χ1v) is 16.2. The van der Waals surface area contributed by atoms with Crippen molar-refractivity contribution in [2.75, 3.05) is 26.1 Å². The Bertz CT molecular complexity index is 1960. The highest BCUT2D eigenvalue weighted by molar-refractivity contribution is 7.52. The van der Waals surface area contributed by atoms with Crippen molar-refractivity contribution in [1.29, 1.82) is 0 Å². The number of aliphatic hydroxyl groups is 1. The monoisotopic (exact) mass is 724 g/mol. The van der Waals surface area contributed by atoms with Crippen molar-refractivity contribution in [1.82, 2.24) is 14.6 Å². The van der Waals surface area contributed by atoms with Crippen LogP contribution in [0.3, 0.4) is 0 Å². The number of amides is 1. The summed E-state index contributed by atoms with van der Waals surface area (Å²) in [7, 11) is -1.62. The van der Waals surface area contributed by atoms with Crippen molar-refractivity contribution in [3.63, 3.8) is 0 Å². The van der Waals surface area contributed by atoms with Gasteiger partial charge in [-0.15, -0.1) is 0 Å². The molecule has 17 nitrogen and oxygen atoms in total. The summed E-state index contributed by atoms with van der Waals surface area (Å²) in [6.07, 6.45) is -7.06. The molecule has 1 fully saturated rings. The van der Waals surface area contributed by atoms with Gasteiger partial charge in [-0.1, -0.05) is 18.2 Å². The minimum atomic E-state index is -4.55. The van der Waals surface area contributed by atoms with Gasteiger partial charge in [-0.3, -0.25) is 19.2 Å². The number of carbonyl (C=O) groups is 2. The molecule has 4 aromatic rings. The van der Waals surface area contributed by atoms with E-state index in [2.05, 4.69) is 15.4 Å². The van der Waals surface area contributed by atoms with Gasteiger partial charge in [0, 0.05) is 17.6 Å². The number of alkyl halides is 2. The summed E-state index contributed by atoms with van der Waals surface area (Å²) >= 11 is 0. The second-order valence-corrected chi connectivity index (χ2v) is 12.4. The number of carboxylic acid groups (broad SMARTS) is 1. The van der Waals surface area contributed by atoms with E-state index in [1.807, 2.05) is 0 Å². The molecule has 0 saturated carbocycles. The quantitative estimate of drug-likeness (QED) is 0.136. The number of aromatic nitrogens is 2. The van der Waals surface area contributed by atoms with Crippen molar-refractivity contribution < 1.29 is 65.6 Å². The molecule has 1 amide bonds. The Morgan fingerprint density at radius 2 is 1.86 bits per heavy atom. The Hall–Kier alpha value is -5.07. The minimum absolute atomic E-state index is 0.00321. The van der Waals surface area contributed by atoms with Crippen molar-refractivity contribution >= 4 is 36.6 Å². The number of nitrogens with zero attached hydrogens (tertiary/aromatic N) is 2. The lowest BCUT2D eigenvalue weighted by Crippen LogP contribution is -2.42. The molecule has 2 aromatic heterocycles. The van der Waals surface area contributed by atoms with Crippen molar-refractivity contribution in [2.45, 2.75) is 43.9 Å². The normalized spacial score (nSPS) is 20.1. The molecule has 50 heavy (non-hydrogen) atoms. The Morgan fingerprint density at radius 1 is 1.12 bits per heavy atom. The van der Waals surface area contributed by atoms with Crippen LogP contribution in [0.5, 0.6) is 17.2 Å². The number of aliphatic hydroxyl groups excluding tert-OH is 1. The van der Waals surface area contributed by atoms with Crippen LogP contribution in [-0.2, 0) is 30.0 Å². The highest BCUT2D eigenvalue weighted by atomic mass is 31.2. The molecular formula is C30H31F2N4O13P. The summed E-state index contributed by atoms with van der Waals surface area (Å²) in [5.74, 6) is -4.71. The van der Waals surface area contributed by atoms with Crippen LogP contribution >= 0.6 is 7.75 Å². The van der Waals surface area contributed by atoms with E-state index in [1.54, 1.807) is 24.3 Å². The number of benzene rings is 2. The zero-order chi connectivity index (χ0) is 36.2. The van der Waals surface area contributed by atoms with Crippen LogP contribution < -0.4 is 30.1 Å². The van der Waals surface area contributed by atoms with E-state index in [-0.39, 0.29) is 23.9 Å². The number of carboxylic acids is 1. The fourth-order valence-electron chi connectivity index (χ4n) is 4.71. The molecule has 2 aromatic carbocycles. The molecule has 0 bridgehead atoms. The summed E-state index contributed by atoms with van der Waals surface area (Å²) in [5.41, 5.74) is -0.906. The molecule has 5 atom stereocenters. The van der Waals surface area contributed by atoms with Crippen LogP contribution in [0.25, 0.3) is 11.0 Å². The first-order chi connectivity index (χ1) is 23.7. The SMILES string of the molecule is COc1cc(OC)c2oc(COC(=O)Nc3ccn([C@@H]4O[C@H](COP(=O)(NC(C)C(=O)O)Oc5ccccc5)[C@@H](O)C4(F)F)c(=O)n3)cc2c1. The topological polar surface area (TPSA) is 219 Å². The zero-order valence-corrected chi connectivity index (χ0v) is 27.4. The van der Waals surface area contributed by atoms with Crippen LogP contribution in [0.15, 0.2) is 70.0 Å². The first-order valence-electron chi connectivity index (χ1n) is 14.6. The van der Waals surface area contributed by atoms with E-state index >= 15 is 8.78 Å². The first kappa shape index (κ1) is 36.2. The number of hydrogen-bond acceptors (Lipinski definition) is 13. The molecule has 2 unspecified atom stereocenters. The van der Waals surface area contributed by atoms with Gasteiger partial charge in [0.15, 0.2) is 24.0 Å². The highest BCUT2D eigenvalue weighted by Gasteiger charge is 2.60. The number of furan rings is 1. The molecule has 1 aliphatic rings. The van der Waals surface area contributed by atoms with Gasteiger partial charge >= 0.3 is 31.4 Å². The van der Waals surface area contributed by atoms with E-state index in [4.69, 9.17) is 32.4 Å². The van der Waals surface area contributed by atoms with E-state index in [0.29, 0.717) is 27.0 Å². The number of rotatable bonds is 14. The Morgan fingerprint density at radius 3 is 2.52 bits per heavy atom. The minimum Gasteiger partial charge on any atom is -0.497 e. The largest absolute Gasteiger partial charge is 0.497 e. The number of anilines is 1. The molecule has 0 radical (unpaired) electrons. The van der Waals surface area contributed by atoms with Gasteiger partial charge in [0.2, 0.25) is 6.23 Å². The number of aliphatic carboxylic acids is 1. The zero-order valence-electron chi connectivity index (χ0n) is 26.5. The number of nitrogens with one attached hydrogen (secondary N) is 2. The predicted molar refractivity (Wildman–Crippen MR) is 167 cm³/mol. The van der Waals surface area contributed by atoms with Crippen molar-refractivity contribution in [2.24, 2.45) is 0 Å². The second kappa shape index (κ2) is 14.8. The lowest BCUT2D eigenvalue weighted by molar-refractivity contribution is -0.141. The summed E-state index contributed by atoms with van der Waals surface area (Å²) in [6, 6.07) is 11.9. The molecule has 20 heteroatoms. The number of para-hydroxylation sites is 1. The third kappa shape index (κ3) is 8.03. The Labute approximate surface area is 281 Å². The van der Waals surface area contributed by atoms with Crippen LogP contribution in [0.4, 0.5) is 19.4 Å². The number of ether oxygens (including phenoxy) is 4. The van der Waals surface area contributed by atoms with E-state index in [9.17, 15) is 29.2 Å². The maximum absolute atomic E-state index is 15.2. The van der Waals surface area contributed by atoms with Gasteiger partial charge in [0.25, 0.3) is 0 Å². The predicted octanol–water partition coefficient (Wildman–Crippen LogP) is 3.92. The average molecular weight is 725 g/mol. The molecule has 268 valence electrons. The third-order valence-electron chi connectivity index (χ3n) is 7.20. The van der Waals surface area contributed by atoms with E-state index in [1.165, 1.54) is 38.5 Å². The van der Waals surface area contributed by atoms with Crippen LogP contribution in [0, 0.1) is 0 Å². The van der Waals surface area contributed by atoms with Gasteiger partial charge in [-0.05, 0) is 37.3 Å². The summed E-state index contributed by atoms with van der Waals surface area (Å²) in [6.45, 7) is -0.164. The molecule has 3 heterocycles. The maximum atomic E-state index is 15.2. The average Bonchev–Trinajstić information content (AvgIpc) is 3.59. The number of fused-ring (bicyclic) bond motifs is 1. The molecule has 5 rings (SSSR count). The van der Waals surface area contributed by atoms with Crippen molar-refractivity contribution in [3.05, 3.63) is 77.0 Å². The summed E-state index contributed by atoms with van der Waals surface area (Å²) in [4.78, 5) is 40.1. The van der Waals surface area contributed by atoms with Gasteiger partial charge in [-0.25, -0.2) is 14.2 Å². The number of carbonyl (C=O) groups excluding carboxylic acids is 1. The highest BCUT2D eigenvalue weighted by Crippen LogP contribution is 2.48. The fourth-order valence-corrected chi connectivity index (χ4v) is 6.21. The smallest absolute Gasteiger partial charge is 0.459 e. The maximum Gasteiger partial charge on any atom is 0.459 e. The molecule has 1 aliphatic heterocycles. The number of hydrogen-bond donors (Lipinski definition) is 4. The lowest BCUT2D eigenvalue weighted by Gasteiger charge is -2.23. The molecule has 0 spiro atoms. The van der Waals surface area contributed by atoms with E-state index < -0.39 is 62.5 Å². The number of methoxy groups -OCH3 is 2. The number of halogens is 2. The summed E-state index contributed by atoms with van der Waals surface area (Å²) < 4.78 is 81.3. The molecular weight excluding hydrogens is 693 g/mol.